The van der Waals surface area contributed by atoms with Gasteiger partial charge < -0.3 is 9.52 Å². The third kappa shape index (κ3) is 3.76. The first-order valence-electron chi connectivity index (χ1n) is 13.2. The second-order valence-corrected chi connectivity index (χ2v) is 9.84. The molecule has 0 spiro atoms. The van der Waals surface area contributed by atoms with Gasteiger partial charge in [-0.1, -0.05) is 109 Å². The van der Waals surface area contributed by atoms with Crippen molar-refractivity contribution in [2.75, 3.05) is 0 Å². The van der Waals surface area contributed by atoms with Gasteiger partial charge in [-0.2, -0.15) is 5.10 Å². The Kier molecular flexibility index (Phi) is 5.75. The van der Waals surface area contributed by atoms with E-state index in [1.54, 1.807) is 10.7 Å². The highest BCUT2D eigenvalue weighted by atomic mass is 19.1. The zero-order chi connectivity index (χ0) is 28.0. The van der Waals surface area contributed by atoms with Gasteiger partial charge in [0.2, 0.25) is 0 Å². The van der Waals surface area contributed by atoms with Crippen molar-refractivity contribution in [3.05, 3.63) is 162 Å². The van der Waals surface area contributed by atoms with E-state index in [2.05, 4.69) is 0 Å². The average Bonchev–Trinajstić information content (AvgIpc) is 3.62. The van der Waals surface area contributed by atoms with Crippen LogP contribution in [0.3, 0.4) is 0 Å². The predicted octanol–water partition coefficient (Wildman–Crippen LogP) is 8.13. The Hall–Kier alpha value is -5.49. The summed E-state index contributed by atoms with van der Waals surface area (Å²) < 4.78 is 24.2. The minimum absolute atomic E-state index is 0.0797. The van der Waals surface area contributed by atoms with E-state index in [9.17, 15) is 9.90 Å². The quantitative estimate of drug-likeness (QED) is 0.217. The molecular weight excluding hydrogens is 515 g/mol. The molecule has 0 saturated heterocycles. The number of aromatic nitrogens is 2. The van der Waals surface area contributed by atoms with Gasteiger partial charge >= 0.3 is 5.97 Å². The largest absolute Gasteiger partial charge is 0.478 e. The Balaban J connectivity index is 1.67. The molecule has 0 radical (unpaired) electrons. The number of halogens is 1. The zero-order valence-corrected chi connectivity index (χ0v) is 21.7. The fourth-order valence-corrected chi connectivity index (χ4v) is 5.77. The normalized spacial score (nSPS) is 11.7. The van der Waals surface area contributed by atoms with E-state index in [1.807, 2.05) is 121 Å². The summed E-state index contributed by atoms with van der Waals surface area (Å²) in [7, 11) is 0. The maximum absolute atomic E-state index is 16.3. The molecule has 0 aliphatic rings. The summed E-state index contributed by atoms with van der Waals surface area (Å²) in [6.45, 7) is 0. The number of para-hydroxylation sites is 1. The predicted molar refractivity (Wildman–Crippen MR) is 156 cm³/mol. The fourth-order valence-electron chi connectivity index (χ4n) is 5.77. The van der Waals surface area contributed by atoms with Crippen molar-refractivity contribution < 1.29 is 18.7 Å². The number of carbonyl (C=O) groups is 1. The van der Waals surface area contributed by atoms with Crippen molar-refractivity contribution in [1.82, 2.24) is 9.78 Å². The topological polar surface area (TPSA) is 68.3 Å². The summed E-state index contributed by atoms with van der Waals surface area (Å²) in [5.74, 6) is -1.87. The number of benzene rings is 5. The standard InChI is InChI=1S/C35H23FN2O3/c36-32-27(34(39)40)20-21-28-31(32)33(30-22-23-12-10-11-19-29(23)41-30)37-38(28)35(24-13-4-1-5-14-24,25-15-6-2-7-16-25)26-17-8-3-9-18-26/h1-22H,(H,39,40). The Labute approximate surface area is 234 Å². The van der Waals surface area contributed by atoms with Crippen molar-refractivity contribution in [3.8, 4) is 11.5 Å². The highest BCUT2D eigenvalue weighted by molar-refractivity contribution is 6.00. The molecule has 5 aromatic carbocycles. The van der Waals surface area contributed by atoms with E-state index in [0.29, 0.717) is 16.9 Å². The van der Waals surface area contributed by atoms with Gasteiger partial charge in [-0.15, -0.1) is 0 Å². The Morgan fingerprint density at radius 1 is 0.732 bits per heavy atom. The van der Waals surface area contributed by atoms with E-state index < -0.39 is 22.9 Å². The Morgan fingerprint density at radius 3 is 1.80 bits per heavy atom. The summed E-state index contributed by atoms with van der Waals surface area (Å²) in [4.78, 5) is 12.0. The molecule has 0 bridgehead atoms. The second kappa shape index (κ2) is 9.61. The minimum atomic E-state index is -1.35. The molecule has 5 nitrogen and oxygen atoms in total. The van der Waals surface area contributed by atoms with Crippen LogP contribution in [0.15, 0.2) is 138 Å². The van der Waals surface area contributed by atoms with Crippen LogP contribution in [0.5, 0.6) is 0 Å². The molecule has 2 aromatic heterocycles. The number of carboxylic acid groups (broad SMARTS) is 1. The summed E-state index contributed by atoms with van der Waals surface area (Å²) in [5, 5.41) is 15.8. The van der Waals surface area contributed by atoms with E-state index in [-0.39, 0.29) is 11.1 Å². The summed E-state index contributed by atoms with van der Waals surface area (Å²) in [5.41, 5.74) is 2.52. The number of aromatic carboxylic acids is 1. The van der Waals surface area contributed by atoms with Gasteiger partial charge in [-0.05, 0) is 41.0 Å². The fraction of sp³-hybridized carbons (Fsp3) is 0.0286. The minimum Gasteiger partial charge on any atom is -0.478 e. The zero-order valence-electron chi connectivity index (χ0n) is 21.7. The van der Waals surface area contributed by atoms with Crippen molar-refractivity contribution in [2.24, 2.45) is 0 Å². The van der Waals surface area contributed by atoms with Crippen LogP contribution in [0, 0.1) is 5.82 Å². The molecule has 0 aliphatic heterocycles. The molecule has 0 fully saturated rings. The third-order valence-electron chi connectivity index (χ3n) is 7.57. The van der Waals surface area contributed by atoms with Crippen LogP contribution in [-0.2, 0) is 5.54 Å². The van der Waals surface area contributed by atoms with Gasteiger partial charge in [0.25, 0.3) is 0 Å². The van der Waals surface area contributed by atoms with Crippen LogP contribution in [0.2, 0.25) is 0 Å². The van der Waals surface area contributed by atoms with Crippen LogP contribution in [0.1, 0.15) is 27.0 Å². The molecule has 0 aliphatic carbocycles. The number of hydrogen-bond acceptors (Lipinski definition) is 3. The van der Waals surface area contributed by atoms with E-state index >= 15 is 4.39 Å². The number of carboxylic acids is 1. The summed E-state index contributed by atoms with van der Waals surface area (Å²) in [6.07, 6.45) is 0. The first-order valence-corrected chi connectivity index (χ1v) is 13.2. The maximum atomic E-state index is 16.3. The average molecular weight is 539 g/mol. The molecule has 6 heteroatoms. The highest BCUT2D eigenvalue weighted by Gasteiger charge is 2.42. The maximum Gasteiger partial charge on any atom is 0.338 e. The van der Waals surface area contributed by atoms with E-state index in [0.717, 1.165) is 22.1 Å². The number of fused-ring (bicyclic) bond motifs is 2. The SMILES string of the molecule is O=C(O)c1ccc2c(c(-c3cc4ccccc4o3)nn2C(c2ccccc2)(c2ccccc2)c2ccccc2)c1F. The Bertz CT molecular complexity index is 1900. The molecule has 0 saturated carbocycles. The van der Waals surface area contributed by atoms with Crippen molar-refractivity contribution in [1.29, 1.82) is 0 Å². The van der Waals surface area contributed by atoms with Crippen LogP contribution in [-0.4, -0.2) is 20.9 Å². The highest BCUT2D eigenvalue weighted by Crippen LogP contribution is 2.45. The molecule has 0 atom stereocenters. The third-order valence-corrected chi connectivity index (χ3v) is 7.57. The van der Waals surface area contributed by atoms with Gasteiger partial charge in [0.05, 0.1) is 16.5 Å². The lowest BCUT2D eigenvalue weighted by Gasteiger charge is -2.37. The Morgan fingerprint density at radius 2 is 1.27 bits per heavy atom. The number of nitrogens with zero attached hydrogens (tertiary/aromatic N) is 2. The number of hydrogen-bond donors (Lipinski definition) is 1. The first kappa shape index (κ1) is 24.5. The van der Waals surface area contributed by atoms with Gasteiger partial charge in [-0.25, -0.2) is 13.9 Å². The van der Waals surface area contributed by atoms with Crippen molar-refractivity contribution in [2.45, 2.75) is 5.54 Å². The molecule has 7 aromatic rings. The van der Waals surface area contributed by atoms with Gasteiger partial charge in [-0.3, -0.25) is 0 Å². The molecule has 198 valence electrons. The van der Waals surface area contributed by atoms with Crippen molar-refractivity contribution >= 4 is 27.8 Å². The van der Waals surface area contributed by atoms with Crippen LogP contribution < -0.4 is 0 Å². The van der Waals surface area contributed by atoms with E-state index in [1.165, 1.54) is 6.07 Å². The first-order chi connectivity index (χ1) is 20.1. The molecular formula is C35H23FN2O3. The lowest BCUT2D eigenvalue weighted by molar-refractivity contribution is 0.0692. The monoisotopic (exact) mass is 538 g/mol. The summed E-state index contributed by atoms with van der Waals surface area (Å²) >= 11 is 0. The molecule has 0 unspecified atom stereocenters. The molecule has 41 heavy (non-hydrogen) atoms. The molecule has 1 N–H and O–H groups in total. The van der Waals surface area contributed by atoms with Crippen LogP contribution >= 0.6 is 0 Å². The van der Waals surface area contributed by atoms with Gasteiger partial charge in [0.15, 0.2) is 5.76 Å². The summed E-state index contributed by atoms with van der Waals surface area (Å²) in [6, 6.07) is 42.0. The van der Waals surface area contributed by atoms with Gasteiger partial charge in [0.1, 0.15) is 22.6 Å². The lowest BCUT2D eigenvalue weighted by Crippen LogP contribution is -2.38. The van der Waals surface area contributed by atoms with Crippen LogP contribution in [0.4, 0.5) is 4.39 Å². The molecule has 2 heterocycles. The van der Waals surface area contributed by atoms with Crippen molar-refractivity contribution in [3.63, 3.8) is 0 Å². The molecule has 7 rings (SSSR count). The van der Waals surface area contributed by atoms with Gasteiger partial charge in [0, 0.05) is 5.39 Å². The number of rotatable bonds is 6. The second-order valence-electron chi connectivity index (χ2n) is 9.84. The number of furan rings is 1. The van der Waals surface area contributed by atoms with Crippen LogP contribution in [0.25, 0.3) is 33.3 Å². The molecule has 0 amide bonds. The van der Waals surface area contributed by atoms with E-state index in [4.69, 9.17) is 9.52 Å². The smallest absolute Gasteiger partial charge is 0.338 e. The lowest BCUT2D eigenvalue weighted by atomic mass is 9.77.